The van der Waals surface area contributed by atoms with Crippen LogP contribution in [0.1, 0.15) is 19.4 Å². The third-order valence-corrected chi connectivity index (χ3v) is 3.50. The summed E-state index contributed by atoms with van der Waals surface area (Å²) in [6, 6.07) is 15.2. The van der Waals surface area contributed by atoms with Crippen molar-refractivity contribution in [2.45, 2.75) is 25.8 Å². The van der Waals surface area contributed by atoms with Gasteiger partial charge in [-0.05, 0) is 50.2 Å². The van der Waals surface area contributed by atoms with Crippen LogP contribution in [0.5, 0.6) is 0 Å². The van der Waals surface area contributed by atoms with Gasteiger partial charge in [-0.1, -0.05) is 42.5 Å². The van der Waals surface area contributed by atoms with Crippen LogP contribution in [-0.2, 0) is 6.42 Å². The van der Waals surface area contributed by atoms with Crippen LogP contribution in [0.15, 0.2) is 42.5 Å². The normalized spacial score (nSPS) is 11.9. The maximum absolute atomic E-state index is 3.61. The van der Waals surface area contributed by atoms with Crippen molar-refractivity contribution in [3.05, 3.63) is 48.0 Å². The zero-order chi connectivity index (χ0) is 13.7. The molecule has 2 aromatic rings. The molecule has 0 aromatic heterocycles. The summed E-state index contributed by atoms with van der Waals surface area (Å²) >= 11 is 0. The Bertz CT molecular complexity index is 526. The molecule has 0 bridgehead atoms. The molecule has 2 aromatic carbocycles. The van der Waals surface area contributed by atoms with E-state index in [0.29, 0.717) is 0 Å². The Morgan fingerprint density at radius 3 is 2.53 bits per heavy atom. The first-order chi connectivity index (χ1) is 9.12. The van der Waals surface area contributed by atoms with E-state index in [4.69, 9.17) is 0 Å². The van der Waals surface area contributed by atoms with Gasteiger partial charge in [-0.3, -0.25) is 0 Å². The highest BCUT2D eigenvalue weighted by atomic mass is 15.0. The SMILES string of the molecule is CNCC(C)(C)NCCc1cccc2ccccc12. The third kappa shape index (κ3) is 3.79. The third-order valence-electron chi connectivity index (χ3n) is 3.50. The lowest BCUT2D eigenvalue weighted by atomic mass is 10.0. The summed E-state index contributed by atoms with van der Waals surface area (Å²) < 4.78 is 0. The van der Waals surface area contributed by atoms with E-state index in [2.05, 4.69) is 66.9 Å². The van der Waals surface area contributed by atoms with E-state index in [1.165, 1.54) is 16.3 Å². The number of likely N-dealkylation sites (N-methyl/N-ethyl adjacent to an activating group) is 1. The molecule has 0 aliphatic heterocycles. The van der Waals surface area contributed by atoms with Gasteiger partial charge in [0, 0.05) is 12.1 Å². The highest BCUT2D eigenvalue weighted by molar-refractivity contribution is 5.85. The minimum Gasteiger partial charge on any atom is -0.318 e. The highest BCUT2D eigenvalue weighted by Gasteiger charge is 2.14. The minimum absolute atomic E-state index is 0.138. The minimum atomic E-state index is 0.138. The van der Waals surface area contributed by atoms with Crippen molar-refractivity contribution < 1.29 is 0 Å². The topological polar surface area (TPSA) is 24.1 Å². The van der Waals surface area contributed by atoms with Gasteiger partial charge in [-0.25, -0.2) is 0 Å². The Hall–Kier alpha value is -1.38. The van der Waals surface area contributed by atoms with Crippen LogP contribution in [0.3, 0.4) is 0 Å². The molecule has 0 fully saturated rings. The van der Waals surface area contributed by atoms with E-state index in [1.807, 2.05) is 7.05 Å². The number of hydrogen-bond donors (Lipinski definition) is 2. The first kappa shape index (κ1) is 14.0. The second-order valence-corrected chi connectivity index (χ2v) is 5.73. The molecule has 0 atom stereocenters. The number of nitrogens with one attached hydrogen (secondary N) is 2. The molecule has 2 heteroatoms. The standard InChI is InChI=1S/C17H24N2/c1-17(2,13-18-3)19-12-11-15-9-6-8-14-7-4-5-10-16(14)15/h4-10,18-19H,11-13H2,1-3H3. The molecule has 2 N–H and O–H groups in total. The molecule has 19 heavy (non-hydrogen) atoms. The van der Waals surface area contributed by atoms with Crippen LogP contribution < -0.4 is 10.6 Å². The van der Waals surface area contributed by atoms with E-state index in [9.17, 15) is 0 Å². The molecule has 0 aliphatic carbocycles. The zero-order valence-electron chi connectivity index (χ0n) is 12.2. The average Bonchev–Trinajstić information content (AvgIpc) is 2.39. The first-order valence-corrected chi connectivity index (χ1v) is 6.99. The lowest BCUT2D eigenvalue weighted by Crippen LogP contribution is -2.47. The van der Waals surface area contributed by atoms with Gasteiger partial charge in [0.05, 0.1) is 0 Å². The molecule has 0 amide bonds. The number of benzene rings is 2. The fourth-order valence-corrected chi connectivity index (χ4v) is 2.55. The Labute approximate surface area is 116 Å². The molecule has 0 heterocycles. The fourth-order valence-electron chi connectivity index (χ4n) is 2.55. The van der Waals surface area contributed by atoms with Crippen LogP contribution in [0.2, 0.25) is 0 Å². The lowest BCUT2D eigenvalue weighted by molar-refractivity contribution is 0.379. The van der Waals surface area contributed by atoms with Crippen LogP contribution in [0, 0.1) is 0 Å². The van der Waals surface area contributed by atoms with Gasteiger partial charge < -0.3 is 10.6 Å². The van der Waals surface area contributed by atoms with E-state index in [0.717, 1.165) is 19.5 Å². The first-order valence-electron chi connectivity index (χ1n) is 6.99. The van der Waals surface area contributed by atoms with Crippen molar-refractivity contribution in [1.29, 1.82) is 0 Å². The molecule has 0 unspecified atom stereocenters. The Balaban J connectivity index is 2.02. The molecule has 2 nitrogen and oxygen atoms in total. The molecule has 0 spiro atoms. The van der Waals surface area contributed by atoms with Gasteiger partial charge in [0.25, 0.3) is 0 Å². The molecule has 0 radical (unpaired) electrons. The van der Waals surface area contributed by atoms with Gasteiger partial charge in [-0.2, -0.15) is 0 Å². The molecular weight excluding hydrogens is 232 g/mol. The molecule has 0 aliphatic rings. The maximum atomic E-state index is 3.61. The van der Waals surface area contributed by atoms with Gasteiger partial charge in [0.2, 0.25) is 0 Å². The van der Waals surface area contributed by atoms with Crippen molar-refractivity contribution in [3.63, 3.8) is 0 Å². The number of fused-ring (bicyclic) bond motifs is 1. The van der Waals surface area contributed by atoms with Gasteiger partial charge in [0.15, 0.2) is 0 Å². The van der Waals surface area contributed by atoms with Crippen LogP contribution in [-0.4, -0.2) is 25.7 Å². The van der Waals surface area contributed by atoms with Crippen LogP contribution in [0.25, 0.3) is 10.8 Å². The number of rotatable bonds is 6. The van der Waals surface area contributed by atoms with Crippen LogP contribution in [0.4, 0.5) is 0 Å². The number of hydrogen-bond acceptors (Lipinski definition) is 2. The molecular formula is C17H24N2. The van der Waals surface area contributed by atoms with E-state index < -0.39 is 0 Å². The highest BCUT2D eigenvalue weighted by Crippen LogP contribution is 2.18. The second-order valence-electron chi connectivity index (χ2n) is 5.73. The van der Waals surface area contributed by atoms with Crippen molar-refractivity contribution in [2.75, 3.05) is 20.1 Å². The van der Waals surface area contributed by atoms with E-state index in [-0.39, 0.29) is 5.54 Å². The van der Waals surface area contributed by atoms with Gasteiger partial charge in [-0.15, -0.1) is 0 Å². The summed E-state index contributed by atoms with van der Waals surface area (Å²) in [6.45, 7) is 6.43. The Kier molecular flexibility index (Phi) is 4.56. The predicted molar refractivity (Wildman–Crippen MR) is 83.7 cm³/mol. The monoisotopic (exact) mass is 256 g/mol. The molecule has 102 valence electrons. The summed E-state index contributed by atoms with van der Waals surface area (Å²) in [5, 5.41) is 9.54. The molecule has 2 rings (SSSR count). The van der Waals surface area contributed by atoms with Gasteiger partial charge in [0.1, 0.15) is 0 Å². The van der Waals surface area contributed by atoms with Crippen molar-refractivity contribution in [1.82, 2.24) is 10.6 Å². The summed E-state index contributed by atoms with van der Waals surface area (Å²) in [7, 11) is 1.99. The summed E-state index contributed by atoms with van der Waals surface area (Å²) in [4.78, 5) is 0. The largest absolute Gasteiger partial charge is 0.318 e. The maximum Gasteiger partial charge on any atom is 0.0249 e. The summed E-state index contributed by atoms with van der Waals surface area (Å²) in [5.74, 6) is 0. The van der Waals surface area contributed by atoms with Crippen molar-refractivity contribution in [2.24, 2.45) is 0 Å². The molecule has 0 saturated carbocycles. The molecule has 0 saturated heterocycles. The lowest BCUT2D eigenvalue weighted by Gasteiger charge is -2.26. The van der Waals surface area contributed by atoms with E-state index >= 15 is 0 Å². The van der Waals surface area contributed by atoms with E-state index in [1.54, 1.807) is 0 Å². The Morgan fingerprint density at radius 2 is 1.74 bits per heavy atom. The quantitative estimate of drug-likeness (QED) is 0.830. The summed E-state index contributed by atoms with van der Waals surface area (Å²) in [5.41, 5.74) is 1.56. The second kappa shape index (κ2) is 6.18. The predicted octanol–water partition coefficient (Wildman–Crippen LogP) is 2.97. The van der Waals surface area contributed by atoms with Crippen LogP contribution >= 0.6 is 0 Å². The smallest absolute Gasteiger partial charge is 0.0249 e. The fraction of sp³-hybridized carbons (Fsp3) is 0.412. The Morgan fingerprint density at radius 1 is 1.00 bits per heavy atom. The average molecular weight is 256 g/mol. The summed E-state index contributed by atoms with van der Waals surface area (Å²) in [6.07, 6.45) is 1.06. The van der Waals surface area contributed by atoms with Crippen molar-refractivity contribution in [3.8, 4) is 0 Å². The zero-order valence-corrected chi connectivity index (χ0v) is 12.2. The van der Waals surface area contributed by atoms with Crippen molar-refractivity contribution >= 4 is 10.8 Å². The van der Waals surface area contributed by atoms with Gasteiger partial charge >= 0.3 is 0 Å².